The lowest BCUT2D eigenvalue weighted by Gasteiger charge is -2.27. The van der Waals surface area contributed by atoms with E-state index in [2.05, 4.69) is 32.2 Å². The molecule has 2 aromatic carbocycles. The first kappa shape index (κ1) is 35.1. The molecule has 1 amide bonds. The van der Waals surface area contributed by atoms with Crippen LogP contribution in [0.2, 0.25) is 0 Å². The number of methoxy groups -OCH3 is 1. The molecule has 3 rings (SSSR count). The Hall–Kier alpha value is -2.35. The van der Waals surface area contributed by atoms with Crippen LogP contribution in [0.15, 0.2) is 42.5 Å². The zero-order valence-electron chi connectivity index (χ0n) is 27.2. The summed E-state index contributed by atoms with van der Waals surface area (Å²) in [7, 11) is 1.35. The van der Waals surface area contributed by atoms with Gasteiger partial charge >= 0.3 is 5.97 Å². The molecule has 6 nitrogen and oxygen atoms in total. The van der Waals surface area contributed by atoms with Crippen LogP contribution in [-0.4, -0.2) is 56.4 Å². The number of amides is 1. The van der Waals surface area contributed by atoms with Crippen molar-refractivity contribution in [3.8, 4) is 11.1 Å². The number of nitrogens with one attached hydrogen (secondary N) is 1. The summed E-state index contributed by atoms with van der Waals surface area (Å²) in [5.41, 5.74) is 4.66. The van der Waals surface area contributed by atoms with E-state index in [4.69, 9.17) is 14.2 Å². The van der Waals surface area contributed by atoms with Crippen molar-refractivity contribution in [2.45, 2.75) is 97.8 Å². The summed E-state index contributed by atoms with van der Waals surface area (Å²) in [6.45, 7) is 10.5. The summed E-state index contributed by atoms with van der Waals surface area (Å²) in [6.07, 6.45) is 11.0. The van der Waals surface area contributed by atoms with Crippen LogP contribution in [0.25, 0.3) is 11.1 Å². The van der Waals surface area contributed by atoms with Gasteiger partial charge in [-0.15, -0.1) is 0 Å². The fourth-order valence-corrected chi connectivity index (χ4v) is 6.10. The van der Waals surface area contributed by atoms with Gasteiger partial charge in [-0.3, -0.25) is 4.79 Å². The summed E-state index contributed by atoms with van der Waals surface area (Å²) >= 11 is 1.63. The number of rotatable bonds is 16. The average Bonchev–Trinajstić information content (AvgIpc) is 2.99. The van der Waals surface area contributed by atoms with Gasteiger partial charge in [0.15, 0.2) is 0 Å². The highest BCUT2D eigenvalue weighted by molar-refractivity contribution is 7.98. The van der Waals surface area contributed by atoms with E-state index in [-0.39, 0.29) is 17.4 Å². The Labute approximate surface area is 264 Å². The van der Waals surface area contributed by atoms with Crippen LogP contribution in [-0.2, 0) is 25.6 Å². The molecule has 2 aromatic rings. The molecule has 0 heterocycles. The number of hydrogen-bond donors (Lipinski definition) is 1. The van der Waals surface area contributed by atoms with Crippen LogP contribution in [0.3, 0.4) is 0 Å². The van der Waals surface area contributed by atoms with Crippen LogP contribution >= 0.6 is 11.8 Å². The summed E-state index contributed by atoms with van der Waals surface area (Å²) in [4.78, 5) is 26.0. The minimum absolute atomic E-state index is 0.0326. The van der Waals surface area contributed by atoms with E-state index in [9.17, 15) is 9.59 Å². The van der Waals surface area contributed by atoms with Crippen LogP contribution in [0.5, 0.6) is 0 Å². The van der Waals surface area contributed by atoms with Crippen molar-refractivity contribution < 1.29 is 23.8 Å². The van der Waals surface area contributed by atoms with E-state index < -0.39 is 12.0 Å². The lowest BCUT2D eigenvalue weighted by Crippen LogP contribution is -2.42. The Morgan fingerprint density at radius 2 is 1.79 bits per heavy atom. The van der Waals surface area contributed by atoms with Crippen LogP contribution in [0, 0.1) is 18.3 Å². The quantitative estimate of drug-likeness (QED) is 0.153. The van der Waals surface area contributed by atoms with Crippen molar-refractivity contribution in [1.82, 2.24) is 5.32 Å². The highest BCUT2D eigenvalue weighted by Crippen LogP contribution is 2.31. The standard InChI is InChI=1S/C36H53NO5S/c1-26-12-10-11-15-30(26)32-23-28(16-17-31(32)34(38)37-33(18-21-43-6)35(39)40-5)24-42-29(22-27-13-8-7-9-14-27)25-41-20-19-36(2,3)4/h10-12,15-17,23,27,29,33H,7-9,13-14,18-22,24-25H2,1-6H3,(H,37,38)/t29-,33-/m0/s1. The summed E-state index contributed by atoms with van der Waals surface area (Å²) in [5, 5.41) is 2.93. The van der Waals surface area contributed by atoms with Gasteiger partial charge in [0.1, 0.15) is 6.04 Å². The van der Waals surface area contributed by atoms with E-state index >= 15 is 0 Å². The minimum atomic E-state index is -0.698. The molecule has 0 spiro atoms. The van der Waals surface area contributed by atoms with Gasteiger partial charge in [0.05, 0.1) is 26.4 Å². The molecular weight excluding hydrogens is 558 g/mol. The van der Waals surface area contributed by atoms with E-state index in [1.54, 1.807) is 11.8 Å². The summed E-state index contributed by atoms with van der Waals surface area (Å²) in [5.74, 6) is 0.707. The molecule has 0 aromatic heterocycles. The molecule has 0 aliphatic heterocycles. The lowest BCUT2D eigenvalue weighted by molar-refractivity contribution is -0.142. The molecular formula is C36H53NO5S. The minimum Gasteiger partial charge on any atom is -0.467 e. The number of carbonyl (C=O) groups excluding carboxylic acids is 2. The molecule has 1 saturated carbocycles. The van der Waals surface area contributed by atoms with Gasteiger partial charge in [-0.1, -0.05) is 83.2 Å². The largest absolute Gasteiger partial charge is 0.467 e. The third-order valence-electron chi connectivity index (χ3n) is 8.27. The summed E-state index contributed by atoms with van der Waals surface area (Å²) < 4.78 is 17.7. The molecule has 1 fully saturated rings. The maximum atomic E-state index is 13.6. The maximum Gasteiger partial charge on any atom is 0.328 e. The Bertz CT molecular complexity index is 1150. The smallest absolute Gasteiger partial charge is 0.328 e. The van der Waals surface area contributed by atoms with Gasteiger partial charge in [-0.2, -0.15) is 11.8 Å². The van der Waals surface area contributed by atoms with Crippen molar-refractivity contribution in [2.75, 3.05) is 32.3 Å². The Kier molecular flexibility index (Phi) is 14.6. The number of aryl methyl sites for hydroxylation is 1. The zero-order chi connectivity index (χ0) is 31.2. The Morgan fingerprint density at radius 1 is 1.05 bits per heavy atom. The molecule has 2 atom stereocenters. The van der Waals surface area contributed by atoms with Gasteiger partial charge in [0.25, 0.3) is 5.91 Å². The summed E-state index contributed by atoms with van der Waals surface area (Å²) in [6, 6.07) is 13.2. The van der Waals surface area contributed by atoms with Gasteiger partial charge in [-0.05, 0) is 83.9 Å². The van der Waals surface area contributed by atoms with Crippen molar-refractivity contribution in [3.05, 3.63) is 59.2 Å². The zero-order valence-corrected chi connectivity index (χ0v) is 28.0. The SMILES string of the molecule is COC(=O)[C@H](CCSC)NC(=O)c1ccc(CO[C@H](COCCC(C)(C)C)CC2CCCCC2)cc1-c1ccccc1C. The molecule has 7 heteroatoms. The normalized spacial score (nSPS) is 15.6. The highest BCUT2D eigenvalue weighted by atomic mass is 32.2. The van der Waals surface area contributed by atoms with Gasteiger partial charge in [0, 0.05) is 12.2 Å². The molecule has 1 aliphatic rings. The maximum absolute atomic E-state index is 13.6. The number of hydrogen-bond acceptors (Lipinski definition) is 6. The van der Waals surface area contributed by atoms with E-state index in [1.165, 1.54) is 39.2 Å². The van der Waals surface area contributed by atoms with Crippen molar-refractivity contribution >= 4 is 23.6 Å². The first-order valence-corrected chi connectivity index (χ1v) is 17.3. The van der Waals surface area contributed by atoms with Crippen LogP contribution < -0.4 is 5.32 Å². The number of benzene rings is 2. The third-order valence-corrected chi connectivity index (χ3v) is 8.92. The van der Waals surface area contributed by atoms with Crippen molar-refractivity contribution in [3.63, 3.8) is 0 Å². The number of esters is 1. The lowest BCUT2D eigenvalue weighted by atomic mass is 9.85. The van der Waals surface area contributed by atoms with Gasteiger partial charge < -0.3 is 19.5 Å². The molecule has 0 unspecified atom stereocenters. The third kappa shape index (κ3) is 11.9. The Balaban J connectivity index is 1.80. The van der Waals surface area contributed by atoms with Crippen LogP contribution in [0.4, 0.5) is 0 Å². The molecule has 0 radical (unpaired) electrons. The predicted molar refractivity (Wildman–Crippen MR) is 178 cm³/mol. The fourth-order valence-electron chi connectivity index (χ4n) is 5.63. The van der Waals surface area contributed by atoms with E-state index in [1.807, 2.05) is 49.6 Å². The van der Waals surface area contributed by atoms with E-state index in [0.717, 1.165) is 47.5 Å². The molecule has 43 heavy (non-hydrogen) atoms. The van der Waals surface area contributed by atoms with Gasteiger partial charge in [0.2, 0.25) is 0 Å². The first-order chi connectivity index (χ1) is 20.6. The van der Waals surface area contributed by atoms with Crippen LogP contribution in [0.1, 0.15) is 93.6 Å². The van der Waals surface area contributed by atoms with Crippen molar-refractivity contribution in [1.29, 1.82) is 0 Å². The average molecular weight is 612 g/mol. The second-order valence-electron chi connectivity index (χ2n) is 13.1. The fraction of sp³-hybridized carbons (Fsp3) is 0.611. The van der Waals surface area contributed by atoms with Crippen molar-refractivity contribution in [2.24, 2.45) is 11.3 Å². The highest BCUT2D eigenvalue weighted by Gasteiger charge is 2.25. The second kappa shape index (κ2) is 17.8. The molecule has 1 N–H and O–H groups in total. The topological polar surface area (TPSA) is 73.9 Å². The Morgan fingerprint density at radius 3 is 2.47 bits per heavy atom. The first-order valence-electron chi connectivity index (χ1n) is 15.9. The van der Waals surface area contributed by atoms with E-state index in [0.29, 0.717) is 31.1 Å². The predicted octanol–water partition coefficient (Wildman–Crippen LogP) is 7.99. The molecule has 1 aliphatic carbocycles. The molecule has 0 saturated heterocycles. The second-order valence-corrected chi connectivity index (χ2v) is 14.1. The molecule has 238 valence electrons. The number of ether oxygens (including phenoxy) is 3. The number of thioether (sulfide) groups is 1. The molecule has 0 bridgehead atoms. The van der Waals surface area contributed by atoms with Gasteiger partial charge in [-0.25, -0.2) is 4.79 Å². The monoisotopic (exact) mass is 611 g/mol. The number of carbonyl (C=O) groups is 2.